The van der Waals surface area contributed by atoms with E-state index in [1.54, 1.807) is 0 Å². The van der Waals surface area contributed by atoms with E-state index in [0.29, 0.717) is 30.5 Å². The molecule has 0 aliphatic rings. The molecular weight excluding hydrogens is 244 g/mol. The van der Waals surface area contributed by atoms with E-state index in [-0.39, 0.29) is 12.2 Å². The van der Waals surface area contributed by atoms with E-state index in [1.165, 1.54) is 0 Å². The number of para-hydroxylation sites is 1. The van der Waals surface area contributed by atoms with Gasteiger partial charge in [-0.3, -0.25) is 4.79 Å². The Bertz CT molecular complexity index is 563. The van der Waals surface area contributed by atoms with Gasteiger partial charge < -0.3 is 9.26 Å². The van der Waals surface area contributed by atoms with Crippen molar-refractivity contribution in [3.8, 4) is 17.1 Å². The molecule has 1 aromatic carbocycles. The number of nitrogens with zero attached hydrogens (tertiary/aromatic N) is 2. The van der Waals surface area contributed by atoms with Gasteiger partial charge in [0.15, 0.2) is 0 Å². The van der Waals surface area contributed by atoms with Gasteiger partial charge in [-0.25, -0.2) is 0 Å². The number of carbonyl (C=O) groups excluding carboxylic acids is 1. The van der Waals surface area contributed by atoms with Gasteiger partial charge in [0.1, 0.15) is 11.5 Å². The molecule has 1 heterocycles. The van der Waals surface area contributed by atoms with Gasteiger partial charge in [-0.1, -0.05) is 24.2 Å². The Balaban J connectivity index is 2.25. The van der Waals surface area contributed by atoms with E-state index >= 15 is 0 Å². The van der Waals surface area contributed by atoms with Crippen LogP contribution in [0.4, 0.5) is 0 Å². The molecule has 0 aliphatic carbocycles. The van der Waals surface area contributed by atoms with Crippen molar-refractivity contribution in [2.75, 3.05) is 6.61 Å². The quantitative estimate of drug-likeness (QED) is 0.798. The summed E-state index contributed by atoms with van der Waals surface area (Å²) in [4.78, 5) is 15.6. The van der Waals surface area contributed by atoms with Gasteiger partial charge in [0.2, 0.25) is 11.7 Å². The number of ketones is 1. The molecule has 0 spiro atoms. The number of ether oxygens (including phenoxy) is 1. The number of rotatable bonds is 6. The third kappa shape index (κ3) is 3.19. The summed E-state index contributed by atoms with van der Waals surface area (Å²) < 4.78 is 10.6. The minimum absolute atomic E-state index is 0.0771. The summed E-state index contributed by atoms with van der Waals surface area (Å²) in [6, 6.07) is 7.48. The SMILES string of the molecule is CCOc1ccccc1-c1noc(CC(=O)CC)n1. The normalized spacial score (nSPS) is 10.4. The summed E-state index contributed by atoms with van der Waals surface area (Å²) in [7, 11) is 0. The molecule has 100 valence electrons. The van der Waals surface area contributed by atoms with E-state index in [0.717, 1.165) is 5.56 Å². The Hall–Kier alpha value is -2.17. The largest absolute Gasteiger partial charge is 0.493 e. The second kappa shape index (κ2) is 6.13. The highest BCUT2D eigenvalue weighted by Gasteiger charge is 2.14. The molecule has 0 amide bonds. The van der Waals surface area contributed by atoms with Crippen LogP contribution in [-0.4, -0.2) is 22.5 Å². The van der Waals surface area contributed by atoms with Crippen LogP contribution < -0.4 is 4.74 Å². The van der Waals surface area contributed by atoms with Crippen LogP contribution in [0.5, 0.6) is 5.75 Å². The maximum absolute atomic E-state index is 11.3. The lowest BCUT2D eigenvalue weighted by Gasteiger charge is -2.05. The molecule has 5 heteroatoms. The van der Waals surface area contributed by atoms with Crippen LogP contribution in [0.1, 0.15) is 26.2 Å². The van der Waals surface area contributed by atoms with Crippen LogP contribution in [-0.2, 0) is 11.2 Å². The highest BCUT2D eigenvalue weighted by atomic mass is 16.5. The number of hydrogen-bond acceptors (Lipinski definition) is 5. The molecule has 0 radical (unpaired) electrons. The molecule has 0 bridgehead atoms. The molecular formula is C14H16N2O3. The lowest BCUT2D eigenvalue weighted by atomic mass is 10.2. The zero-order valence-corrected chi connectivity index (χ0v) is 11.0. The predicted molar refractivity (Wildman–Crippen MR) is 69.9 cm³/mol. The molecule has 0 saturated heterocycles. The minimum atomic E-state index is 0.0771. The van der Waals surface area contributed by atoms with Crippen molar-refractivity contribution in [2.24, 2.45) is 0 Å². The third-order valence-electron chi connectivity index (χ3n) is 2.64. The van der Waals surface area contributed by atoms with E-state index in [9.17, 15) is 4.79 Å². The molecule has 5 nitrogen and oxygen atoms in total. The predicted octanol–water partition coefficient (Wildman–Crippen LogP) is 2.66. The van der Waals surface area contributed by atoms with E-state index in [1.807, 2.05) is 38.1 Å². The fourth-order valence-corrected chi connectivity index (χ4v) is 1.66. The van der Waals surface area contributed by atoms with Crippen LogP contribution in [0.25, 0.3) is 11.4 Å². The highest BCUT2D eigenvalue weighted by Crippen LogP contribution is 2.27. The van der Waals surface area contributed by atoms with Gasteiger partial charge in [0, 0.05) is 6.42 Å². The van der Waals surface area contributed by atoms with Crippen molar-refractivity contribution in [2.45, 2.75) is 26.7 Å². The zero-order valence-electron chi connectivity index (χ0n) is 11.0. The Kier molecular flexibility index (Phi) is 4.28. The van der Waals surface area contributed by atoms with Crippen molar-refractivity contribution in [3.05, 3.63) is 30.2 Å². The van der Waals surface area contributed by atoms with Crippen LogP contribution in [0.15, 0.2) is 28.8 Å². The number of Topliss-reactive ketones (excluding diaryl/α,β-unsaturated/α-hetero) is 1. The Morgan fingerprint density at radius 1 is 1.32 bits per heavy atom. The molecule has 2 rings (SSSR count). The van der Waals surface area contributed by atoms with Gasteiger partial charge in [-0.2, -0.15) is 4.98 Å². The Morgan fingerprint density at radius 2 is 2.11 bits per heavy atom. The van der Waals surface area contributed by atoms with Gasteiger partial charge in [-0.15, -0.1) is 0 Å². The van der Waals surface area contributed by atoms with Gasteiger partial charge in [0.05, 0.1) is 18.6 Å². The molecule has 0 N–H and O–H groups in total. The first-order chi connectivity index (χ1) is 9.24. The van der Waals surface area contributed by atoms with Crippen molar-refractivity contribution in [1.29, 1.82) is 0 Å². The van der Waals surface area contributed by atoms with Gasteiger partial charge >= 0.3 is 0 Å². The summed E-state index contributed by atoms with van der Waals surface area (Å²) in [5.41, 5.74) is 0.767. The first kappa shape index (κ1) is 13.3. The molecule has 1 aromatic heterocycles. The topological polar surface area (TPSA) is 65.2 Å². The number of aromatic nitrogens is 2. The summed E-state index contributed by atoms with van der Waals surface area (Å²) in [5.74, 6) is 1.57. The van der Waals surface area contributed by atoms with Crippen LogP contribution in [0.2, 0.25) is 0 Å². The van der Waals surface area contributed by atoms with Crippen LogP contribution in [0, 0.1) is 0 Å². The van der Waals surface area contributed by atoms with Crippen LogP contribution >= 0.6 is 0 Å². The van der Waals surface area contributed by atoms with E-state index < -0.39 is 0 Å². The average molecular weight is 260 g/mol. The monoisotopic (exact) mass is 260 g/mol. The summed E-state index contributed by atoms with van der Waals surface area (Å²) in [6.07, 6.45) is 0.646. The number of hydrogen-bond donors (Lipinski definition) is 0. The van der Waals surface area contributed by atoms with E-state index in [4.69, 9.17) is 9.26 Å². The molecule has 2 aromatic rings. The van der Waals surface area contributed by atoms with Crippen molar-refractivity contribution >= 4 is 5.78 Å². The smallest absolute Gasteiger partial charge is 0.234 e. The van der Waals surface area contributed by atoms with Gasteiger partial charge in [0.25, 0.3) is 0 Å². The second-order valence-electron chi connectivity index (χ2n) is 4.01. The fraction of sp³-hybridized carbons (Fsp3) is 0.357. The average Bonchev–Trinajstić information content (AvgIpc) is 2.88. The summed E-state index contributed by atoms with van der Waals surface area (Å²) in [5, 5.41) is 3.90. The maximum atomic E-state index is 11.3. The fourth-order valence-electron chi connectivity index (χ4n) is 1.66. The molecule has 19 heavy (non-hydrogen) atoms. The highest BCUT2D eigenvalue weighted by molar-refractivity contribution is 5.79. The first-order valence-corrected chi connectivity index (χ1v) is 6.31. The van der Waals surface area contributed by atoms with Gasteiger partial charge in [-0.05, 0) is 19.1 Å². The number of carbonyl (C=O) groups is 1. The van der Waals surface area contributed by atoms with Crippen molar-refractivity contribution in [1.82, 2.24) is 10.1 Å². The molecule has 0 saturated carbocycles. The van der Waals surface area contributed by atoms with E-state index in [2.05, 4.69) is 10.1 Å². The minimum Gasteiger partial charge on any atom is -0.493 e. The van der Waals surface area contributed by atoms with Crippen molar-refractivity contribution in [3.63, 3.8) is 0 Å². The second-order valence-corrected chi connectivity index (χ2v) is 4.01. The third-order valence-corrected chi connectivity index (χ3v) is 2.64. The Morgan fingerprint density at radius 3 is 2.84 bits per heavy atom. The van der Waals surface area contributed by atoms with Crippen LogP contribution in [0.3, 0.4) is 0 Å². The first-order valence-electron chi connectivity index (χ1n) is 6.31. The molecule has 0 unspecified atom stereocenters. The zero-order chi connectivity index (χ0) is 13.7. The summed E-state index contributed by atoms with van der Waals surface area (Å²) >= 11 is 0. The molecule has 0 fully saturated rings. The maximum Gasteiger partial charge on any atom is 0.234 e. The molecule has 0 atom stereocenters. The lowest BCUT2D eigenvalue weighted by Crippen LogP contribution is -2.00. The molecule has 0 aliphatic heterocycles. The number of benzene rings is 1. The standard InChI is InChI=1S/C14H16N2O3/c1-3-10(17)9-13-15-14(16-19-13)11-7-5-6-8-12(11)18-4-2/h5-8H,3-4,9H2,1-2H3. The summed E-state index contributed by atoms with van der Waals surface area (Å²) in [6.45, 7) is 4.29. The Labute approximate surface area is 111 Å². The van der Waals surface area contributed by atoms with Crippen molar-refractivity contribution < 1.29 is 14.1 Å². The lowest BCUT2D eigenvalue weighted by molar-refractivity contribution is -0.118.